The number of hydrogen-bond donors (Lipinski definition) is 0. The molecule has 0 fully saturated rings. The van der Waals surface area contributed by atoms with Crippen molar-refractivity contribution in [2.75, 3.05) is 7.11 Å². The Morgan fingerprint density at radius 1 is 1.40 bits per heavy atom. The van der Waals surface area contributed by atoms with E-state index in [0.29, 0.717) is 11.5 Å². The highest BCUT2D eigenvalue weighted by molar-refractivity contribution is 6.28. The van der Waals surface area contributed by atoms with E-state index in [9.17, 15) is 0 Å². The van der Waals surface area contributed by atoms with Gasteiger partial charge in [-0.15, -0.1) is 0 Å². The summed E-state index contributed by atoms with van der Waals surface area (Å²) in [6.07, 6.45) is 1.71. The summed E-state index contributed by atoms with van der Waals surface area (Å²) in [6.45, 7) is 4.10. The summed E-state index contributed by atoms with van der Waals surface area (Å²) in [7, 11) is 1.55. The van der Waals surface area contributed by atoms with Crippen LogP contribution in [0.15, 0.2) is 6.33 Å². The van der Waals surface area contributed by atoms with Gasteiger partial charge in [0.1, 0.15) is 0 Å². The standard InChI is InChI=1S/C9H11ClN4O/c1-5(2)14-4-11-7-6(14)8(15-3)13-9(10)12-7/h4-5H,1-3H3. The normalized spacial score (nSPS) is 11.3. The fourth-order valence-electron chi connectivity index (χ4n) is 1.42. The molecule has 0 bridgehead atoms. The molecule has 2 aromatic heterocycles. The van der Waals surface area contributed by atoms with Gasteiger partial charge in [-0.1, -0.05) is 0 Å². The molecule has 0 unspecified atom stereocenters. The molecule has 0 aliphatic rings. The second-order valence-corrected chi connectivity index (χ2v) is 3.76. The van der Waals surface area contributed by atoms with Gasteiger partial charge in [0, 0.05) is 6.04 Å². The van der Waals surface area contributed by atoms with Crippen molar-refractivity contribution in [3.63, 3.8) is 0 Å². The second kappa shape index (κ2) is 3.66. The molecule has 2 heterocycles. The molecule has 0 saturated heterocycles. The molecule has 0 amide bonds. The average Bonchev–Trinajstić information content (AvgIpc) is 2.59. The van der Waals surface area contributed by atoms with Gasteiger partial charge in [-0.05, 0) is 25.4 Å². The Kier molecular flexibility index (Phi) is 2.48. The minimum absolute atomic E-state index is 0.147. The van der Waals surface area contributed by atoms with Crippen LogP contribution in [0.3, 0.4) is 0 Å². The number of aromatic nitrogens is 4. The lowest BCUT2D eigenvalue weighted by molar-refractivity contribution is 0.399. The van der Waals surface area contributed by atoms with Crippen LogP contribution < -0.4 is 4.74 Å². The van der Waals surface area contributed by atoms with Crippen molar-refractivity contribution in [3.05, 3.63) is 11.6 Å². The minimum atomic E-state index is 0.147. The predicted octanol–water partition coefficient (Wildman–Crippen LogP) is 2.07. The number of ether oxygens (including phenoxy) is 1. The van der Waals surface area contributed by atoms with E-state index in [0.717, 1.165) is 5.52 Å². The van der Waals surface area contributed by atoms with Crippen molar-refractivity contribution >= 4 is 22.8 Å². The third-order valence-corrected chi connectivity index (χ3v) is 2.29. The van der Waals surface area contributed by atoms with Gasteiger partial charge in [-0.3, -0.25) is 0 Å². The zero-order valence-corrected chi connectivity index (χ0v) is 9.49. The van der Waals surface area contributed by atoms with E-state index < -0.39 is 0 Å². The van der Waals surface area contributed by atoms with Gasteiger partial charge in [-0.2, -0.15) is 9.97 Å². The number of methoxy groups -OCH3 is 1. The van der Waals surface area contributed by atoms with Gasteiger partial charge in [0.2, 0.25) is 11.2 Å². The largest absolute Gasteiger partial charge is 0.479 e. The molecule has 5 nitrogen and oxygen atoms in total. The molecule has 2 aromatic rings. The number of fused-ring (bicyclic) bond motifs is 1. The van der Waals surface area contributed by atoms with Crippen LogP contribution in [0.25, 0.3) is 11.2 Å². The van der Waals surface area contributed by atoms with Crippen molar-refractivity contribution in [2.45, 2.75) is 19.9 Å². The van der Waals surface area contributed by atoms with Crippen LogP contribution >= 0.6 is 11.6 Å². The Labute approximate surface area is 92.1 Å². The Morgan fingerprint density at radius 2 is 2.13 bits per heavy atom. The zero-order chi connectivity index (χ0) is 11.0. The first-order chi connectivity index (χ1) is 7.13. The van der Waals surface area contributed by atoms with E-state index in [1.165, 1.54) is 0 Å². The predicted molar refractivity (Wildman–Crippen MR) is 57.3 cm³/mol. The highest BCUT2D eigenvalue weighted by atomic mass is 35.5. The molecule has 2 rings (SSSR count). The first-order valence-electron chi connectivity index (χ1n) is 4.57. The van der Waals surface area contributed by atoms with Gasteiger partial charge < -0.3 is 9.30 Å². The monoisotopic (exact) mass is 226 g/mol. The molecule has 80 valence electrons. The molecule has 0 saturated carbocycles. The molecular formula is C9H11ClN4O. The second-order valence-electron chi connectivity index (χ2n) is 3.42. The molecule has 0 aliphatic carbocycles. The Balaban J connectivity index is 2.77. The number of rotatable bonds is 2. The van der Waals surface area contributed by atoms with E-state index in [1.54, 1.807) is 13.4 Å². The first kappa shape index (κ1) is 10.2. The molecule has 0 spiro atoms. The van der Waals surface area contributed by atoms with E-state index >= 15 is 0 Å². The molecular weight excluding hydrogens is 216 g/mol. The third kappa shape index (κ3) is 1.63. The Hall–Kier alpha value is -1.36. The maximum atomic E-state index is 5.74. The van der Waals surface area contributed by atoms with Crippen LogP contribution in [0, 0.1) is 0 Å². The van der Waals surface area contributed by atoms with E-state index in [2.05, 4.69) is 28.8 Å². The maximum Gasteiger partial charge on any atom is 0.244 e. The van der Waals surface area contributed by atoms with Gasteiger partial charge in [0.05, 0.1) is 13.4 Å². The van der Waals surface area contributed by atoms with Crippen LogP contribution in [0.5, 0.6) is 5.88 Å². The van der Waals surface area contributed by atoms with E-state index in [-0.39, 0.29) is 11.3 Å². The van der Waals surface area contributed by atoms with Crippen molar-refractivity contribution in [1.82, 2.24) is 19.5 Å². The minimum Gasteiger partial charge on any atom is -0.479 e. The fourth-order valence-corrected chi connectivity index (χ4v) is 1.58. The molecule has 0 aromatic carbocycles. The number of nitrogens with zero attached hydrogens (tertiary/aromatic N) is 4. The zero-order valence-electron chi connectivity index (χ0n) is 8.73. The van der Waals surface area contributed by atoms with Crippen LogP contribution in [0.1, 0.15) is 19.9 Å². The summed E-state index contributed by atoms with van der Waals surface area (Å²) in [6, 6.07) is 0.272. The first-order valence-corrected chi connectivity index (χ1v) is 4.95. The average molecular weight is 227 g/mol. The summed E-state index contributed by atoms with van der Waals surface area (Å²) in [4.78, 5) is 12.2. The Morgan fingerprint density at radius 3 is 2.73 bits per heavy atom. The summed E-state index contributed by atoms with van der Waals surface area (Å²) in [5.74, 6) is 0.455. The smallest absolute Gasteiger partial charge is 0.244 e. The number of imidazole rings is 1. The lowest BCUT2D eigenvalue weighted by Gasteiger charge is -2.09. The van der Waals surface area contributed by atoms with Gasteiger partial charge in [-0.25, -0.2) is 4.98 Å². The SMILES string of the molecule is COc1nc(Cl)nc2ncn(C(C)C)c12. The van der Waals surface area contributed by atoms with Crippen molar-refractivity contribution in [2.24, 2.45) is 0 Å². The lowest BCUT2D eigenvalue weighted by Crippen LogP contribution is -2.01. The number of hydrogen-bond acceptors (Lipinski definition) is 4. The van der Waals surface area contributed by atoms with Crippen LogP contribution in [0.4, 0.5) is 0 Å². The highest BCUT2D eigenvalue weighted by Crippen LogP contribution is 2.25. The van der Waals surface area contributed by atoms with E-state index in [1.807, 2.05) is 4.57 Å². The van der Waals surface area contributed by atoms with Crippen LogP contribution in [-0.4, -0.2) is 26.6 Å². The molecule has 0 N–H and O–H groups in total. The van der Waals surface area contributed by atoms with Crippen molar-refractivity contribution in [3.8, 4) is 5.88 Å². The Bertz CT molecular complexity index is 494. The highest BCUT2D eigenvalue weighted by Gasteiger charge is 2.14. The summed E-state index contributed by atoms with van der Waals surface area (Å²) in [5, 5.41) is 0.147. The van der Waals surface area contributed by atoms with Crippen molar-refractivity contribution in [1.29, 1.82) is 0 Å². The number of halogens is 1. The fraction of sp³-hybridized carbons (Fsp3) is 0.444. The van der Waals surface area contributed by atoms with Crippen LogP contribution in [-0.2, 0) is 0 Å². The maximum absolute atomic E-state index is 5.74. The van der Waals surface area contributed by atoms with E-state index in [4.69, 9.17) is 16.3 Å². The van der Waals surface area contributed by atoms with Crippen LogP contribution in [0.2, 0.25) is 5.28 Å². The topological polar surface area (TPSA) is 52.8 Å². The van der Waals surface area contributed by atoms with Gasteiger partial charge in [0.25, 0.3) is 0 Å². The molecule has 0 atom stereocenters. The third-order valence-electron chi connectivity index (χ3n) is 2.12. The lowest BCUT2D eigenvalue weighted by atomic mass is 10.4. The van der Waals surface area contributed by atoms with Gasteiger partial charge >= 0.3 is 0 Å². The van der Waals surface area contributed by atoms with Gasteiger partial charge in [0.15, 0.2) is 11.2 Å². The summed E-state index contributed by atoms with van der Waals surface area (Å²) < 4.78 is 7.11. The summed E-state index contributed by atoms with van der Waals surface area (Å²) in [5.41, 5.74) is 1.33. The molecule has 15 heavy (non-hydrogen) atoms. The molecule has 6 heteroatoms. The molecule has 0 radical (unpaired) electrons. The molecule has 0 aliphatic heterocycles. The van der Waals surface area contributed by atoms with Crippen molar-refractivity contribution < 1.29 is 4.74 Å². The quantitative estimate of drug-likeness (QED) is 0.736. The summed E-state index contributed by atoms with van der Waals surface area (Å²) >= 11 is 5.74.